The number of nitrogens with one attached hydrogen (secondary N) is 2. The minimum absolute atomic E-state index is 0.0247. The zero-order chi connectivity index (χ0) is 17.2. The average molecular weight is 337 g/mol. The van der Waals surface area contributed by atoms with Crippen LogP contribution in [0.5, 0.6) is 0 Å². The van der Waals surface area contributed by atoms with Gasteiger partial charge in [0, 0.05) is 18.9 Å². The largest absolute Gasteiger partial charge is 0.356 e. The molecule has 5 heteroatoms. The number of imidazole rings is 1. The van der Waals surface area contributed by atoms with E-state index in [1.165, 1.54) is 12.1 Å². The van der Waals surface area contributed by atoms with Crippen LogP contribution in [0.15, 0.2) is 48.5 Å². The van der Waals surface area contributed by atoms with Gasteiger partial charge in [-0.15, -0.1) is 0 Å². The van der Waals surface area contributed by atoms with Crippen LogP contribution in [0.25, 0.3) is 11.0 Å². The number of para-hydroxylation sites is 2. The topological polar surface area (TPSA) is 57.8 Å². The van der Waals surface area contributed by atoms with Gasteiger partial charge in [-0.3, -0.25) is 4.79 Å². The summed E-state index contributed by atoms with van der Waals surface area (Å²) in [6.07, 6.45) is 2.50. The molecule has 1 aromatic heterocycles. The Labute approximate surface area is 145 Å². The van der Waals surface area contributed by atoms with E-state index in [-0.39, 0.29) is 23.6 Å². The summed E-state index contributed by atoms with van der Waals surface area (Å²) in [6, 6.07) is 14.4. The molecule has 3 aromatic rings. The van der Waals surface area contributed by atoms with Crippen molar-refractivity contribution in [1.29, 1.82) is 0 Å². The van der Waals surface area contributed by atoms with Gasteiger partial charge in [0.05, 0.1) is 11.0 Å². The number of nitrogens with zero attached hydrogens (tertiary/aromatic N) is 1. The van der Waals surface area contributed by atoms with Crippen LogP contribution in [-0.4, -0.2) is 22.4 Å². The normalized spacial score (nSPS) is 19.1. The molecule has 2 aromatic carbocycles. The van der Waals surface area contributed by atoms with Crippen molar-refractivity contribution in [2.24, 2.45) is 5.92 Å². The summed E-state index contributed by atoms with van der Waals surface area (Å²) in [5.41, 5.74) is 3.06. The van der Waals surface area contributed by atoms with Crippen molar-refractivity contribution >= 4 is 16.9 Å². The summed E-state index contributed by atoms with van der Waals surface area (Å²) in [5, 5.41) is 3.01. The lowest BCUT2D eigenvalue weighted by atomic mass is 10.1. The van der Waals surface area contributed by atoms with Crippen LogP contribution in [-0.2, 0) is 11.2 Å². The van der Waals surface area contributed by atoms with Crippen molar-refractivity contribution in [2.75, 3.05) is 6.54 Å². The summed E-state index contributed by atoms with van der Waals surface area (Å²) in [7, 11) is 0. The molecule has 0 unspecified atom stereocenters. The number of aromatic nitrogens is 2. The number of benzene rings is 2. The molecular weight excluding hydrogens is 317 g/mol. The third-order valence-corrected chi connectivity index (χ3v) is 4.75. The molecule has 2 N–H and O–H groups in total. The van der Waals surface area contributed by atoms with E-state index >= 15 is 0 Å². The number of aromatic amines is 1. The lowest BCUT2D eigenvalue weighted by Crippen LogP contribution is -2.26. The molecule has 1 heterocycles. The molecule has 0 spiro atoms. The van der Waals surface area contributed by atoms with Gasteiger partial charge in [-0.1, -0.05) is 24.3 Å². The first kappa shape index (κ1) is 15.8. The van der Waals surface area contributed by atoms with Crippen molar-refractivity contribution in [3.8, 4) is 0 Å². The second-order valence-electron chi connectivity index (χ2n) is 6.60. The van der Waals surface area contributed by atoms with E-state index in [1.807, 2.05) is 24.3 Å². The van der Waals surface area contributed by atoms with Crippen LogP contribution >= 0.6 is 0 Å². The highest BCUT2D eigenvalue weighted by Crippen LogP contribution is 2.47. The zero-order valence-corrected chi connectivity index (χ0v) is 13.8. The number of halogens is 1. The van der Waals surface area contributed by atoms with E-state index in [9.17, 15) is 9.18 Å². The van der Waals surface area contributed by atoms with Crippen LogP contribution < -0.4 is 5.32 Å². The van der Waals surface area contributed by atoms with Gasteiger partial charge in [0.2, 0.25) is 5.91 Å². The van der Waals surface area contributed by atoms with Crippen LogP contribution in [0.4, 0.5) is 4.39 Å². The molecule has 4 rings (SSSR count). The lowest BCUT2D eigenvalue weighted by Gasteiger charge is -2.04. The number of hydrogen-bond acceptors (Lipinski definition) is 2. The molecule has 1 aliphatic rings. The zero-order valence-electron chi connectivity index (χ0n) is 13.8. The SMILES string of the molecule is O=C(NCCCc1nc2ccccc2[nH]1)[C@H]1C[C@H]1c1ccc(F)cc1. The number of carbonyl (C=O) groups excluding carboxylic acids is 1. The van der Waals surface area contributed by atoms with E-state index in [4.69, 9.17) is 0 Å². The number of hydrogen-bond donors (Lipinski definition) is 2. The fraction of sp³-hybridized carbons (Fsp3) is 0.300. The molecule has 1 amide bonds. The number of H-pyrrole nitrogens is 1. The molecule has 2 atom stereocenters. The smallest absolute Gasteiger partial charge is 0.223 e. The average Bonchev–Trinajstić information content (AvgIpc) is 3.31. The Hall–Kier alpha value is -2.69. The maximum absolute atomic E-state index is 13.0. The molecule has 1 fully saturated rings. The summed E-state index contributed by atoms with van der Waals surface area (Å²) < 4.78 is 13.0. The molecule has 1 aliphatic carbocycles. The Bertz CT molecular complexity index is 854. The van der Waals surface area contributed by atoms with Gasteiger partial charge >= 0.3 is 0 Å². The summed E-state index contributed by atoms with van der Waals surface area (Å²) >= 11 is 0. The minimum atomic E-state index is -0.240. The Balaban J connectivity index is 1.22. The third kappa shape index (κ3) is 3.55. The molecule has 0 bridgehead atoms. The van der Waals surface area contributed by atoms with Gasteiger partial charge in [0.25, 0.3) is 0 Å². The summed E-state index contributed by atoms with van der Waals surface area (Å²) in [6.45, 7) is 0.641. The van der Waals surface area contributed by atoms with Crippen molar-refractivity contribution in [3.63, 3.8) is 0 Å². The predicted molar refractivity (Wildman–Crippen MR) is 94.7 cm³/mol. The quantitative estimate of drug-likeness (QED) is 0.676. The lowest BCUT2D eigenvalue weighted by molar-refractivity contribution is -0.122. The predicted octanol–water partition coefficient (Wildman–Crippen LogP) is 3.55. The van der Waals surface area contributed by atoms with E-state index in [0.717, 1.165) is 41.7 Å². The standard InChI is InChI=1S/C20H20FN3O/c21-14-9-7-13(8-10-14)15-12-16(15)20(25)22-11-3-6-19-23-17-4-1-2-5-18(17)24-19/h1-2,4-5,7-10,15-16H,3,6,11-12H2,(H,22,25)(H,23,24)/t15-,16-/m0/s1. The first-order valence-corrected chi connectivity index (χ1v) is 8.67. The third-order valence-electron chi connectivity index (χ3n) is 4.75. The molecular formula is C20H20FN3O. The second-order valence-corrected chi connectivity index (χ2v) is 6.60. The van der Waals surface area contributed by atoms with Crippen molar-refractivity contribution in [3.05, 3.63) is 65.7 Å². The monoisotopic (exact) mass is 337 g/mol. The van der Waals surface area contributed by atoms with Crippen molar-refractivity contribution in [2.45, 2.75) is 25.2 Å². The minimum Gasteiger partial charge on any atom is -0.356 e. The molecule has 0 saturated heterocycles. The number of rotatable bonds is 6. The second kappa shape index (κ2) is 6.67. The van der Waals surface area contributed by atoms with Gasteiger partial charge in [-0.25, -0.2) is 9.37 Å². The number of fused-ring (bicyclic) bond motifs is 1. The Morgan fingerprint density at radius 2 is 2.00 bits per heavy atom. The maximum atomic E-state index is 13.0. The van der Waals surface area contributed by atoms with E-state index in [0.29, 0.717) is 6.54 Å². The van der Waals surface area contributed by atoms with Crippen LogP contribution in [0.3, 0.4) is 0 Å². The van der Waals surface area contributed by atoms with Gasteiger partial charge in [0.1, 0.15) is 11.6 Å². The Morgan fingerprint density at radius 1 is 1.20 bits per heavy atom. The van der Waals surface area contributed by atoms with Gasteiger partial charge in [-0.05, 0) is 48.6 Å². The molecule has 0 aliphatic heterocycles. The van der Waals surface area contributed by atoms with Crippen LogP contribution in [0.1, 0.15) is 30.1 Å². The highest BCUT2D eigenvalue weighted by atomic mass is 19.1. The van der Waals surface area contributed by atoms with E-state index < -0.39 is 0 Å². The fourth-order valence-corrected chi connectivity index (χ4v) is 3.29. The van der Waals surface area contributed by atoms with Gasteiger partial charge in [0.15, 0.2) is 0 Å². The number of carbonyl (C=O) groups is 1. The summed E-state index contributed by atoms with van der Waals surface area (Å²) in [5.74, 6) is 1.06. The van der Waals surface area contributed by atoms with Crippen molar-refractivity contribution < 1.29 is 9.18 Å². The summed E-state index contributed by atoms with van der Waals surface area (Å²) in [4.78, 5) is 20.0. The fourth-order valence-electron chi connectivity index (χ4n) is 3.29. The Morgan fingerprint density at radius 3 is 2.80 bits per heavy atom. The first-order chi connectivity index (χ1) is 12.2. The molecule has 25 heavy (non-hydrogen) atoms. The number of amides is 1. The molecule has 4 nitrogen and oxygen atoms in total. The van der Waals surface area contributed by atoms with Gasteiger partial charge < -0.3 is 10.3 Å². The molecule has 0 radical (unpaired) electrons. The van der Waals surface area contributed by atoms with Crippen LogP contribution in [0, 0.1) is 11.7 Å². The van der Waals surface area contributed by atoms with Crippen molar-refractivity contribution in [1.82, 2.24) is 15.3 Å². The highest BCUT2D eigenvalue weighted by Gasteiger charge is 2.43. The first-order valence-electron chi connectivity index (χ1n) is 8.67. The van der Waals surface area contributed by atoms with Crippen LogP contribution in [0.2, 0.25) is 0 Å². The maximum Gasteiger partial charge on any atom is 0.223 e. The van der Waals surface area contributed by atoms with E-state index in [1.54, 1.807) is 12.1 Å². The number of aryl methyl sites for hydroxylation is 1. The van der Waals surface area contributed by atoms with E-state index in [2.05, 4.69) is 15.3 Å². The Kier molecular flexibility index (Phi) is 4.22. The van der Waals surface area contributed by atoms with Gasteiger partial charge in [-0.2, -0.15) is 0 Å². The highest BCUT2D eigenvalue weighted by molar-refractivity contribution is 5.82. The molecule has 128 valence electrons. The molecule has 1 saturated carbocycles.